The molecule has 1 aromatic heterocycles. The van der Waals surface area contributed by atoms with Crippen molar-refractivity contribution in [3.05, 3.63) is 89.1 Å². The van der Waals surface area contributed by atoms with Gasteiger partial charge in [-0.2, -0.15) is 4.37 Å². The molecule has 8 heteroatoms. The van der Waals surface area contributed by atoms with Crippen LogP contribution in [0, 0.1) is 0 Å². The highest BCUT2D eigenvalue weighted by Gasteiger charge is 2.25. The van der Waals surface area contributed by atoms with Crippen LogP contribution in [-0.4, -0.2) is 47.3 Å². The first kappa shape index (κ1) is 21.4. The molecular weight excluding hydrogens is 456 g/mol. The predicted octanol–water partition coefficient (Wildman–Crippen LogP) is 5.16. The monoisotopic (exact) mass is 476 g/mol. The molecule has 2 heterocycles. The summed E-state index contributed by atoms with van der Waals surface area (Å²) in [4.78, 5) is 30.3. The Labute approximate surface area is 200 Å². The zero-order valence-electron chi connectivity index (χ0n) is 17.7. The van der Waals surface area contributed by atoms with E-state index in [4.69, 9.17) is 11.6 Å². The van der Waals surface area contributed by atoms with Crippen molar-refractivity contribution >= 4 is 56.4 Å². The van der Waals surface area contributed by atoms with Crippen LogP contribution in [0.5, 0.6) is 0 Å². The summed E-state index contributed by atoms with van der Waals surface area (Å²) in [6.07, 6.45) is 0. The minimum atomic E-state index is -0.321. The van der Waals surface area contributed by atoms with E-state index in [2.05, 4.69) is 14.6 Å². The number of anilines is 2. The first-order valence-corrected chi connectivity index (χ1v) is 11.8. The molecule has 1 N–H and O–H groups in total. The molecule has 166 valence electrons. The molecule has 1 fully saturated rings. The number of halogens is 1. The minimum Gasteiger partial charge on any atom is -0.368 e. The number of carbonyl (C=O) groups excluding carboxylic acids is 2. The number of hydrogen-bond acceptors (Lipinski definition) is 5. The Balaban J connectivity index is 1.30. The largest absolute Gasteiger partial charge is 0.368 e. The topological polar surface area (TPSA) is 65.5 Å². The number of piperazine rings is 1. The number of nitrogens with zero attached hydrogens (tertiary/aromatic N) is 3. The molecule has 6 nitrogen and oxygen atoms in total. The van der Waals surface area contributed by atoms with Crippen LogP contribution >= 0.6 is 23.1 Å². The highest BCUT2D eigenvalue weighted by molar-refractivity contribution is 7.13. The molecule has 4 aromatic rings. The van der Waals surface area contributed by atoms with E-state index in [9.17, 15) is 9.59 Å². The maximum Gasteiger partial charge on any atom is 0.276 e. The number of carbonyl (C=O) groups is 2. The number of fused-ring (bicyclic) bond motifs is 1. The second-order valence-corrected chi connectivity index (χ2v) is 9.03. The second kappa shape index (κ2) is 9.21. The Kier molecular flexibility index (Phi) is 5.98. The lowest BCUT2D eigenvalue weighted by atomic mass is 10.1. The van der Waals surface area contributed by atoms with Crippen molar-refractivity contribution in [2.45, 2.75) is 0 Å². The summed E-state index contributed by atoms with van der Waals surface area (Å²) in [5.74, 6) is -0.418. The molecule has 0 atom stereocenters. The van der Waals surface area contributed by atoms with E-state index in [-0.39, 0.29) is 11.8 Å². The smallest absolute Gasteiger partial charge is 0.276 e. The van der Waals surface area contributed by atoms with Gasteiger partial charge >= 0.3 is 0 Å². The van der Waals surface area contributed by atoms with Crippen molar-refractivity contribution in [1.82, 2.24) is 9.27 Å². The standard InChI is InChI=1S/C25H21ClN4O2S/c26-17-6-5-7-18(16-17)29-12-14-30(15-13-29)25(32)19-8-1-3-10-21(19)27-24(31)23-20-9-2-4-11-22(20)33-28-23/h1-11,16H,12-15H2,(H,27,31). The van der Waals surface area contributed by atoms with Gasteiger partial charge in [0.1, 0.15) is 5.69 Å². The number of para-hydroxylation sites is 1. The third kappa shape index (κ3) is 4.42. The van der Waals surface area contributed by atoms with E-state index in [1.54, 1.807) is 12.1 Å². The van der Waals surface area contributed by atoms with E-state index in [0.29, 0.717) is 48.1 Å². The number of rotatable bonds is 4. The molecule has 1 aliphatic heterocycles. The summed E-state index contributed by atoms with van der Waals surface area (Å²) in [6.45, 7) is 2.60. The number of benzene rings is 3. The third-order valence-corrected chi connectivity index (χ3v) is 6.80. The summed E-state index contributed by atoms with van der Waals surface area (Å²) in [5.41, 5.74) is 2.38. The van der Waals surface area contributed by atoms with E-state index in [0.717, 1.165) is 15.8 Å². The Morgan fingerprint density at radius 2 is 1.67 bits per heavy atom. The molecule has 0 aliphatic carbocycles. The molecule has 1 saturated heterocycles. The molecule has 0 saturated carbocycles. The Morgan fingerprint density at radius 1 is 0.909 bits per heavy atom. The summed E-state index contributed by atoms with van der Waals surface area (Å²) in [7, 11) is 0. The maximum atomic E-state index is 13.3. The molecule has 0 radical (unpaired) electrons. The molecule has 3 aromatic carbocycles. The van der Waals surface area contributed by atoms with Crippen molar-refractivity contribution in [3.8, 4) is 0 Å². The molecule has 1 aliphatic rings. The molecule has 0 spiro atoms. The van der Waals surface area contributed by atoms with Crippen LogP contribution in [0.4, 0.5) is 11.4 Å². The van der Waals surface area contributed by atoms with Gasteiger partial charge < -0.3 is 15.1 Å². The zero-order chi connectivity index (χ0) is 22.8. The normalized spacial score (nSPS) is 13.8. The van der Waals surface area contributed by atoms with Gasteiger partial charge in [-0.25, -0.2) is 0 Å². The lowest BCUT2D eigenvalue weighted by Gasteiger charge is -2.36. The lowest BCUT2D eigenvalue weighted by Crippen LogP contribution is -2.49. The van der Waals surface area contributed by atoms with Gasteiger partial charge in [0.2, 0.25) is 0 Å². The zero-order valence-corrected chi connectivity index (χ0v) is 19.3. The van der Waals surface area contributed by atoms with E-state index in [1.165, 1.54) is 11.5 Å². The minimum absolute atomic E-state index is 0.0974. The fraction of sp³-hybridized carbons (Fsp3) is 0.160. The number of aromatic nitrogens is 1. The fourth-order valence-corrected chi connectivity index (χ4v) is 4.98. The molecule has 0 unspecified atom stereocenters. The van der Waals surface area contributed by atoms with Crippen LogP contribution in [0.25, 0.3) is 10.1 Å². The Hall–Kier alpha value is -3.42. The first-order chi connectivity index (χ1) is 16.1. The molecule has 0 bridgehead atoms. The van der Waals surface area contributed by atoms with Crippen molar-refractivity contribution in [2.75, 3.05) is 36.4 Å². The van der Waals surface area contributed by atoms with Crippen LogP contribution < -0.4 is 10.2 Å². The summed E-state index contributed by atoms with van der Waals surface area (Å²) < 4.78 is 5.27. The fourth-order valence-electron chi connectivity index (χ4n) is 4.02. The summed E-state index contributed by atoms with van der Waals surface area (Å²) in [6, 6.07) is 22.5. The molecule has 2 amide bonds. The van der Waals surface area contributed by atoms with Gasteiger partial charge in [0.15, 0.2) is 0 Å². The van der Waals surface area contributed by atoms with Gasteiger partial charge in [0.05, 0.1) is 16.0 Å². The highest BCUT2D eigenvalue weighted by atomic mass is 35.5. The SMILES string of the molecule is O=C(Nc1ccccc1C(=O)N1CCN(c2cccc(Cl)c2)CC1)c1nsc2ccccc12. The average molecular weight is 477 g/mol. The van der Waals surface area contributed by atoms with Gasteiger partial charge in [0, 0.05) is 42.3 Å². The van der Waals surface area contributed by atoms with E-state index >= 15 is 0 Å². The van der Waals surface area contributed by atoms with Crippen molar-refractivity contribution in [3.63, 3.8) is 0 Å². The summed E-state index contributed by atoms with van der Waals surface area (Å²) in [5, 5.41) is 4.40. The average Bonchev–Trinajstić information content (AvgIpc) is 3.28. The Bertz CT molecular complexity index is 1330. The number of amides is 2. The first-order valence-electron chi connectivity index (χ1n) is 10.6. The summed E-state index contributed by atoms with van der Waals surface area (Å²) >= 11 is 7.41. The predicted molar refractivity (Wildman–Crippen MR) is 134 cm³/mol. The van der Waals surface area contributed by atoms with Gasteiger partial charge in [-0.3, -0.25) is 9.59 Å². The van der Waals surface area contributed by atoms with Crippen molar-refractivity contribution < 1.29 is 9.59 Å². The van der Waals surface area contributed by atoms with Gasteiger partial charge in [-0.15, -0.1) is 0 Å². The van der Waals surface area contributed by atoms with E-state index < -0.39 is 0 Å². The molecular formula is C25H21ClN4O2S. The molecule has 5 rings (SSSR count). The third-order valence-electron chi connectivity index (χ3n) is 5.74. The van der Waals surface area contributed by atoms with E-state index in [1.807, 2.05) is 65.6 Å². The highest BCUT2D eigenvalue weighted by Crippen LogP contribution is 2.25. The number of nitrogens with one attached hydrogen (secondary N) is 1. The van der Waals surface area contributed by atoms with Crippen LogP contribution in [-0.2, 0) is 0 Å². The van der Waals surface area contributed by atoms with Crippen molar-refractivity contribution in [1.29, 1.82) is 0 Å². The maximum absolute atomic E-state index is 13.3. The van der Waals surface area contributed by atoms with Gasteiger partial charge in [-0.05, 0) is 47.9 Å². The second-order valence-electron chi connectivity index (χ2n) is 7.79. The van der Waals surface area contributed by atoms with Crippen LogP contribution in [0.15, 0.2) is 72.8 Å². The van der Waals surface area contributed by atoms with Crippen molar-refractivity contribution in [2.24, 2.45) is 0 Å². The molecule has 33 heavy (non-hydrogen) atoms. The van der Waals surface area contributed by atoms with Crippen LogP contribution in [0.1, 0.15) is 20.8 Å². The van der Waals surface area contributed by atoms with Crippen LogP contribution in [0.2, 0.25) is 5.02 Å². The quantitative estimate of drug-likeness (QED) is 0.441. The Morgan fingerprint density at radius 3 is 2.48 bits per heavy atom. The van der Waals surface area contributed by atoms with Gasteiger partial charge in [-0.1, -0.05) is 48.0 Å². The van der Waals surface area contributed by atoms with Gasteiger partial charge in [0.25, 0.3) is 11.8 Å². The lowest BCUT2D eigenvalue weighted by molar-refractivity contribution is 0.0748. The number of hydrogen-bond donors (Lipinski definition) is 1. The van der Waals surface area contributed by atoms with Crippen LogP contribution in [0.3, 0.4) is 0 Å².